The predicted octanol–water partition coefficient (Wildman–Crippen LogP) is 2.72. The SMILES string of the molecule is C/C=C(\C(=O)OCC)c1nc(NC(C)=O)sc1Cl. The highest BCUT2D eigenvalue weighted by molar-refractivity contribution is 7.19. The van der Waals surface area contributed by atoms with Gasteiger partial charge in [-0.1, -0.05) is 29.0 Å². The largest absolute Gasteiger partial charge is 0.462 e. The Kier molecular flexibility index (Phi) is 5.30. The molecule has 18 heavy (non-hydrogen) atoms. The van der Waals surface area contributed by atoms with Crippen molar-refractivity contribution < 1.29 is 14.3 Å². The predicted molar refractivity (Wildman–Crippen MR) is 71.7 cm³/mol. The summed E-state index contributed by atoms with van der Waals surface area (Å²) in [4.78, 5) is 26.7. The van der Waals surface area contributed by atoms with E-state index in [9.17, 15) is 9.59 Å². The van der Waals surface area contributed by atoms with Crippen LogP contribution in [0.2, 0.25) is 4.34 Å². The van der Waals surface area contributed by atoms with Gasteiger partial charge in [0.25, 0.3) is 0 Å². The van der Waals surface area contributed by atoms with Crippen molar-refractivity contribution in [1.82, 2.24) is 4.98 Å². The lowest BCUT2D eigenvalue weighted by Crippen LogP contribution is -2.08. The molecular weight excluding hydrogens is 276 g/mol. The van der Waals surface area contributed by atoms with Crippen LogP contribution in [0.25, 0.3) is 5.57 Å². The summed E-state index contributed by atoms with van der Waals surface area (Å²) in [5, 5.41) is 2.87. The third kappa shape index (κ3) is 3.54. The zero-order valence-corrected chi connectivity index (χ0v) is 11.8. The lowest BCUT2D eigenvalue weighted by atomic mass is 10.2. The quantitative estimate of drug-likeness (QED) is 0.683. The van der Waals surface area contributed by atoms with Crippen molar-refractivity contribution in [2.24, 2.45) is 0 Å². The fourth-order valence-corrected chi connectivity index (χ4v) is 2.35. The van der Waals surface area contributed by atoms with E-state index in [1.165, 1.54) is 6.92 Å². The van der Waals surface area contributed by atoms with Crippen LogP contribution in [0.15, 0.2) is 6.08 Å². The maximum absolute atomic E-state index is 11.7. The summed E-state index contributed by atoms with van der Waals surface area (Å²) in [6.07, 6.45) is 1.58. The Morgan fingerprint density at radius 3 is 2.72 bits per heavy atom. The van der Waals surface area contributed by atoms with E-state index in [-0.39, 0.29) is 18.1 Å². The van der Waals surface area contributed by atoms with Crippen LogP contribution in [0.4, 0.5) is 5.13 Å². The van der Waals surface area contributed by atoms with Crippen LogP contribution in [0, 0.1) is 0 Å². The maximum atomic E-state index is 11.7. The first-order chi connectivity index (χ1) is 8.49. The molecule has 0 aliphatic rings. The van der Waals surface area contributed by atoms with E-state index in [4.69, 9.17) is 16.3 Å². The minimum Gasteiger partial charge on any atom is -0.462 e. The van der Waals surface area contributed by atoms with Crippen molar-refractivity contribution in [2.45, 2.75) is 20.8 Å². The zero-order valence-electron chi connectivity index (χ0n) is 10.2. The van der Waals surface area contributed by atoms with Gasteiger partial charge < -0.3 is 10.1 Å². The number of rotatable bonds is 4. The Hall–Kier alpha value is -1.40. The summed E-state index contributed by atoms with van der Waals surface area (Å²) in [6, 6.07) is 0. The lowest BCUT2D eigenvalue weighted by molar-refractivity contribution is -0.136. The molecule has 98 valence electrons. The highest BCUT2D eigenvalue weighted by atomic mass is 35.5. The Bertz CT molecular complexity index is 496. The minimum atomic E-state index is -0.485. The normalized spacial score (nSPS) is 11.2. The molecule has 0 aliphatic carbocycles. The number of hydrogen-bond donors (Lipinski definition) is 1. The number of halogens is 1. The Balaban J connectivity index is 3.04. The number of ether oxygens (including phenoxy) is 1. The summed E-state index contributed by atoms with van der Waals surface area (Å²) in [5.74, 6) is -0.730. The topological polar surface area (TPSA) is 68.3 Å². The molecule has 0 radical (unpaired) electrons. The van der Waals surface area contributed by atoms with Crippen LogP contribution in [-0.4, -0.2) is 23.5 Å². The van der Waals surface area contributed by atoms with Gasteiger partial charge in [-0.2, -0.15) is 0 Å². The second-order valence-electron chi connectivity index (χ2n) is 3.25. The van der Waals surface area contributed by atoms with Gasteiger partial charge in [-0.05, 0) is 13.8 Å². The van der Waals surface area contributed by atoms with Gasteiger partial charge in [0.1, 0.15) is 10.0 Å². The molecule has 0 saturated carbocycles. The monoisotopic (exact) mass is 288 g/mol. The van der Waals surface area contributed by atoms with Gasteiger partial charge in [0.05, 0.1) is 12.2 Å². The van der Waals surface area contributed by atoms with E-state index in [1.807, 2.05) is 0 Å². The van der Waals surface area contributed by atoms with Crippen LogP contribution in [0.3, 0.4) is 0 Å². The zero-order chi connectivity index (χ0) is 13.7. The molecule has 5 nitrogen and oxygen atoms in total. The van der Waals surface area contributed by atoms with Crippen molar-refractivity contribution in [3.8, 4) is 0 Å². The van der Waals surface area contributed by atoms with Crippen LogP contribution >= 0.6 is 22.9 Å². The number of allylic oxidation sites excluding steroid dienone is 1. The van der Waals surface area contributed by atoms with Gasteiger partial charge in [-0.3, -0.25) is 4.79 Å². The molecule has 0 unspecified atom stereocenters. The van der Waals surface area contributed by atoms with Crippen LogP contribution in [0.1, 0.15) is 26.5 Å². The van der Waals surface area contributed by atoms with Crippen molar-refractivity contribution in [3.63, 3.8) is 0 Å². The number of hydrogen-bond acceptors (Lipinski definition) is 5. The van der Waals surface area contributed by atoms with Gasteiger partial charge in [0.15, 0.2) is 5.13 Å². The van der Waals surface area contributed by atoms with Gasteiger partial charge in [-0.15, -0.1) is 0 Å². The molecule has 1 N–H and O–H groups in total. The van der Waals surface area contributed by atoms with E-state index in [2.05, 4.69) is 10.3 Å². The molecule has 0 fully saturated rings. The molecule has 0 spiro atoms. The van der Waals surface area contributed by atoms with Crippen molar-refractivity contribution in [1.29, 1.82) is 0 Å². The van der Waals surface area contributed by atoms with Crippen molar-refractivity contribution in [2.75, 3.05) is 11.9 Å². The van der Waals surface area contributed by atoms with Crippen LogP contribution < -0.4 is 5.32 Å². The number of carbonyl (C=O) groups excluding carboxylic acids is 2. The van der Waals surface area contributed by atoms with Gasteiger partial charge in [0.2, 0.25) is 5.91 Å². The fourth-order valence-electron chi connectivity index (χ4n) is 1.23. The molecule has 0 aliphatic heterocycles. The van der Waals surface area contributed by atoms with E-state index < -0.39 is 5.97 Å². The summed E-state index contributed by atoms with van der Waals surface area (Å²) in [5.41, 5.74) is 0.612. The summed E-state index contributed by atoms with van der Waals surface area (Å²) in [7, 11) is 0. The Morgan fingerprint density at radius 1 is 1.56 bits per heavy atom. The maximum Gasteiger partial charge on any atom is 0.340 e. The second-order valence-corrected chi connectivity index (χ2v) is 4.85. The summed E-state index contributed by atoms with van der Waals surface area (Å²) < 4.78 is 5.24. The minimum absolute atomic E-state index is 0.245. The number of nitrogens with one attached hydrogen (secondary N) is 1. The second kappa shape index (κ2) is 6.51. The van der Waals surface area contributed by atoms with Crippen molar-refractivity contribution in [3.05, 3.63) is 16.1 Å². The molecule has 0 saturated heterocycles. The number of amides is 1. The third-order valence-electron chi connectivity index (χ3n) is 1.91. The molecular formula is C11H13ClN2O3S. The molecule has 1 amide bonds. The molecule has 0 bridgehead atoms. The first-order valence-corrected chi connectivity index (χ1v) is 6.46. The average molecular weight is 289 g/mol. The smallest absolute Gasteiger partial charge is 0.340 e. The Morgan fingerprint density at radius 2 is 2.22 bits per heavy atom. The van der Waals surface area contributed by atoms with Gasteiger partial charge in [0, 0.05) is 6.92 Å². The third-order valence-corrected chi connectivity index (χ3v) is 3.08. The first-order valence-electron chi connectivity index (χ1n) is 5.27. The number of nitrogens with zero attached hydrogens (tertiary/aromatic N) is 1. The first kappa shape index (κ1) is 14.7. The standard InChI is InChI=1S/C11H13ClN2O3S/c1-4-7(10(16)17-5-2)8-9(12)18-11(14-8)13-6(3)15/h4H,5H2,1-3H3,(H,13,14,15)/b7-4-. The highest BCUT2D eigenvalue weighted by Crippen LogP contribution is 2.33. The average Bonchev–Trinajstić information content (AvgIpc) is 2.60. The number of aromatic nitrogens is 1. The molecule has 1 heterocycles. The van der Waals surface area contributed by atoms with E-state index in [0.717, 1.165) is 11.3 Å². The van der Waals surface area contributed by atoms with Crippen LogP contribution in [0.5, 0.6) is 0 Å². The number of carbonyl (C=O) groups is 2. The molecule has 1 rings (SSSR count). The van der Waals surface area contributed by atoms with Crippen LogP contribution in [-0.2, 0) is 14.3 Å². The molecule has 7 heteroatoms. The summed E-state index contributed by atoms with van der Waals surface area (Å²) in [6.45, 7) is 5.06. The highest BCUT2D eigenvalue weighted by Gasteiger charge is 2.20. The summed E-state index contributed by atoms with van der Waals surface area (Å²) >= 11 is 7.10. The number of esters is 1. The van der Waals surface area contributed by atoms with E-state index in [1.54, 1.807) is 19.9 Å². The number of thiazole rings is 1. The lowest BCUT2D eigenvalue weighted by Gasteiger charge is -2.03. The molecule has 1 aromatic rings. The molecule has 0 aromatic carbocycles. The van der Waals surface area contributed by atoms with Gasteiger partial charge >= 0.3 is 5.97 Å². The Labute approximate surface area is 114 Å². The van der Waals surface area contributed by atoms with Gasteiger partial charge in [-0.25, -0.2) is 9.78 Å². The molecule has 1 aromatic heterocycles. The van der Waals surface area contributed by atoms with E-state index in [0.29, 0.717) is 15.2 Å². The molecule has 0 atom stereocenters. The number of anilines is 1. The fraction of sp³-hybridized carbons (Fsp3) is 0.364. The van der Waals surface area contributed by atoms with Crippen molar-refractivity contribution >= 4 is 45.5 Å². The van der Waals surface area contributed by atoms with E-state index >= 15 is 0 Å².